The molecule has 2 unspecified atom stereocenters. The molecule has 0 spiro atoms. The Morgan fingerprint density at radius 2 is 1.08 bits per heavy atom. The van der Waals surface area contributed by atoms with Crippen LogP contribution in [0.1, 0.15) is 11.1 Å². The summed E-state index contributed by atoms with van der Waals surface area (Å²) in [5, 5.41) is 26.6. The van der Waals surface area contributed by atoms with Crippen LogP contribution >= 0.6 is 0 Å². The minimum Gasteiger partial charge on any atom is -0.388 e. The summed E-state index contributed by atoms with van der Waals surface area (Å²) in [5.41, 5.74) is 1.99. The first kappa shape index (κ1) is 16.5. The highest BCUT2D eigenvalue weighted by molar-refractivity contribution is 5.75. The van der Waals surface area contributed by atoms with E-state index in [-0.39, 0.29) is 6.03 Å². The van der Waals surface area contributed by atoms with Gasteiger partial charge in [0, 0.05) is 0 Å². The average Bonchev–Trinajstić information content (AvgIpc) is 2.69. The first-order valence-corrected chi connectivity index (χ1v) is 8.14. The number of rotatable bonds is 4. The molecule has 0 bridgehead atoms. The van der Waals surface area contributed by atoms with Crippen LogP contribution in [0, 0.1) is 0 Å². The molecular formula is C19H22N2O3. The fourth-order valence-corrected chi connectivity index (χ4v) is 3.10. The summed E-state index contributed by atoms with van der Waals surface area (Å²) in [6.45, 7) is 0. The molecule has 0 aliphatic carbocycles. The molecule has 2 amide bonds. The lowest BCUT2D eigenvalue weighted by molar-refractivity contribution is -0.0116. The fraction of sp³-hybridized carbons (Fsp3) is 0.316. The number of carbonyl (C=O) groups excluding carboxylic acids is 1. The highest BCUT2D eigenvalue weighted by Crippen LogP contribution is 2.16. The van der Waals surface area contributed by atoms with Crippen molar-refractivity contribution in [1.29, 1.82) is 0 Å². The Labute approximate surface area is 141 Å². The van der Waals surface area contributed by atoms with Gasteiger partial charge < -0.3 is 20.8 Å². The number of hydrogen-bond donors (Lipinski definition) is 4. The molecule has 5 nitrogen and oxygen atoms in total. The second-order valence-electron chi connectivity index (χ2n) is 6.19. The van der Waals surface area contributed by atoms with Crippen LogP contribution in [0.3, 0.4) is 0 Å². The third-order valence-electron chi connectivity index (χ3n) is 4.40. The van der Waals surface area contributed by atoms with Crippen LogP contribution in [-0.2, 0) is 12.8 Å². The van der Waals surface area contributed by atoms with Crippen molar-refractivity contribution < 1.29 is 15.0 Å². The first-order valence-electron chi connectivity index (χ1n) is 8.14. The van der Waals surface area contributed by atoms with Gasteiger partial charge in [-0.25, -0.2) is 4.79 Å². The summed E-state index contributed by atoms with van der Waals surface area (Å²) in [6, 6.07) is 17.8. The second kappa shape index (κ2) is 7.47. The van der Waals surface area contributed by atoms with Gasteiger partial charge in [0.25, 0.3) is 0 Å². The van der Waals surface area contributed by atoms with Crippen molar-refractivity contribution in [3.8, 4) is 0 Å². The minimum atomic E-state index is -1.04. The number of amides is 2. The van der Waals surface area contributed by atoms with Crippen molar-refractivity contribution in [3.63, 3.8) is 0 Å². The zero-order chi connectivity index (χ0) is 16.9. The molecule has 1 aliphatic rings. The van der Waals surface area contributed by atoms with Gasteiger partial charge in [-0.15, -0.1) is 0 Å². The van der Waals surface area contributed by atoms with Gasteiger partial charge >= 0.3 is 6.03 Å². The van der Waals surface area contributed by atoms with Crippen LogP contribution in [0.25, 0.3) is 0 Å². The Balaban J connectivity index is 1.73. The summed E-state index contributed by atoms with van der Waals surface area (Å²) in [5.74, 6) is 0. The van der Waals surface area contributed by atoms with Crippen LogP contribution in [-0.4, -0.2) is 40.5 Å². The number of benzene rings is 2. The third-order valence-corrected chi connectivity index (χ3v) is 4.40. The molecule has 4 atom stereocenters. The predicted octanol–water partition coefficient (Wildman–Crippen LogP) is 1.24. The zero-order valence-corrected chi connectivity index (χ0v) is 13.3. The maximum Gasteiger partial charge on any atom is 0.315 e. The quantitative estimate of drug-likeness (QED) is 0.682. The van der Waals surface area contributed by atoms with Crippen LogP contribution in [0.15, 0.2) is 60.7 Å². The van der Waals surface area contributed by atoms with E-state index in [4.69, 9.17) is 0 Å². The van der Waals surface area contributed by atoms with E-state index in [1.165, 1.54) is 0 Å². The Morgan fingerprint density at radius 3 is 1.46 bits per heavy atom. The maximum absolute atomic E-state index is 12.1. The monoisotopic (exact) mass is 326 g/mol. The third kappa shape index (κ3) is 3.93. The fourth-order valence-electron chi connectivity index (χ4n) is 3.10. The number of aliphatic hydroxyl groups excluding tert-OH is 2. The van der Waals surface area contributed by atoms with Gasteiger partial charge in [-0.3, -0.25) is 0 Å². The minimum absolute atomic E-state index is 0.368. The van der Waals surface area contributed by atoms with E-state index in [0.29, 0.717) is 12.8 Å². The molecule has 0 radical (unpaired) electrons. The van der Waals surface area contributed by atoms with E-state index in [9.17, 15) is 15.0 Å². The summed E-state index contributed by atoms with van der Waals surface area (Å²) >= 11 is 0. The van der Waals surface area contributed by atoms with Gasteiger partial charge in [0.2, 0.25) is 0 Å². The summed E-state index contributed by atoms with van der Waals surface area (Å²) in [4.78, 5) is 12.1. The van der Waals surface area contributed by atoms with Gasteiger partial charge in [-0.1, -0.05) is 60.7 Å². The topological polar surface area (TPSA) is 81.6 Å². The lowest BCUT2D eigenvalue weighted by Crippen LogP contribution is -2.49. The van der Waals surface area contributed by atoms with Crippen LogP contribution in [0.2, 0.25) is 0 Å². The molecule has 0 saturated carbocycles. The highest BCUT2D eigenvalue weighted by atomic mass is 16.3. The maximum atomic E-state index is 12.1. The van der Waals surface area contributed by atoms with Crippen molar-refractivity contribution in [3.05, 3.63) is 71.8 Å². The Morgan fingerprint density at radius 1 is 0.708 bits per heavy atom. The number of hydrogen-bond acceptors (Lipinski definition) is 3. The molecule has 1 saturated heterocycles. The predicted molar refractivity (Wildman–Crippen MR) is 91.5 cm³/mol. The number of urea groups is 1. The largest absolute Gasteiger partial charge is 0.388 e. The van der Waals surface area contributed by atoms with Gasteiger partial charge in [-0.2, -0.15) is 0 Å². The Hall–Kier alpha value is -2.37. The van der Waals surface area contributed by atoms with E-state index in [1.807, 2.05) is 60.7 Å². The standard InChI is InChI=1S/C19H22N2O3/c22-17-15(11-13-7-3-1-4-8-13)20-19(24)21-16(18(17)23)12-14-9-5-2-6-10-14/h1-10,15-18,22-23H,11-12H2,(H2,20,21,24)/t15-,16-,17?,18?/m1/s1. The molecular weight excluding hydrogens is 304 g/mol. The highest BCUT2D eigenvalue weighted by Gasteiger charge is 2.37. The molecule has 5 heteroatoms. The van der Waals surface area contributed by atoms with Crippen LogP contribution in [0.4, 0.5) is 4.79 Å². The molecule has 1 heterocycles. The van der Waals surface area contributed by atoms with Crippen molar-refractivity contribution in [1.82, 2.24) is 10.6 Å². The van der Waals surface area contributed by atoms with E-state index in [0.717, 1.165) is 11.1 Å². The Bertz CT molecular complexity index is 605. The average molecular weight is 326 g/mol. The van der Waals surface area contributed by atoms with Gasteiger partial charge in [0.1, 0.15) is 12.2 Å². The zero-order valence-electron chi connectivity index (χ0n) is 13.3. The first-order chi connectivity index (χ1) is 11.6. The van der Waals surface area contributed by atoms with Gasteiger partial charge in [0.05, 0.1) is 12.1 Å². The van der Waals surface area contributed by atoms with Gasteiger partial charge in [-0.05, 0) is 24.0 Å². The molecule has 3 rings (SSSR count). The lowest BCUT2D eigenvalue weighted by Gasteiger charge is -2.27. The molecule has 24 heavy (non-hydrogen) atoms. The van der Waals surface area contributed by atoms with E-state index < -0.39 is 24.3 Å². The summed E-state index contributed by atoms with van der Waals surface area (Å²) < 4.78 is 0. The molecule has 2 aromatic carbocycles. The Kier molecular flexibility index (Phi) is 5.13. The van der Waals surface area contributed by atoms with Crippen molar-refractivity contribution in [2.75, 3.05) is 0 Å². The normalized spacial score (nSPS) is 27.0. The van der Waals surface area contributed by atoms with E-state index >= 15 is 0 Å². The van der Waals surface area contributed by atoms with E-state index in [1.54, 1.807) is 0 Å². The molecule has 2 aromatic rings. The lowest BCUT2D eigenvalue weighted by atomic mass is 9.92. The van der Waals surface area contributed by atoms with Crippen LogP contribution in [0.5, 0.6) is 0 Å². The molecule has 1 fully saturated rings. The van der Waals surface area contributed by atoms with Crippen molar-refractivity contribution in [2.45, 2.75) is 37.1 Å². The summed E-state index contributed by atoms with van der Waals surface area (Å²) in [7, 11) is 0. The smallest absolute Gasteiger partial charge is 0.315 e. The van der Waals surface area contributed by atoms with Crippen LogP contribution < -0.4 is 10.6 Å². The van der Waals surface area contributed by atoms with Gasteiger partial charge in [0.15, 0.2) is 0 Å². The molecule has 1 aliphatic heterocycles. The number of aliphatic hydroxyl groups is 2. The number of carbonyl (C=O) groups is 1. The SMILES string of the molecule is O=C1N[C@H](Cc2ccccc2)C(O)C(O)[C@@H](Cc2ccccc2)N1. The second-order valence-corrected chi connectivity index (χ2v) is 6.19. The molecule has 4 N–H and O–H groups in total. The van der Waals surface area contributed by atoms with Crippen molar-refractivity contribution >= 4 is 6.03 Å². The molecule has 0 aromatic heterocycles. The molecule has 126 valence electrons. The van der Waals surface area contributed by atoms with E-state index in [2.05, 4.69) is 10.6 Å². The summed E-state index contributed by atoms with van der Waals surface area (Å²) in [6.07, 6.45) is -1.16. The van der Waals surface area contributed by atoms with Crippen molar-refractivity contribution in [2.24, 2.45) is 0 Å². The number of nitrogens with one attached hydrogen (secondary N) is 2.